The van der Waals surface area contributed by atoms with Gasteiger partial charge in [-0.2, -0.15) is 0 Å². The second-order valence-corrected chi connectivity index (χ2v) is 6.17. The summed E-state index contributed by atoms with van der Waals surface area (Å²) < 4.78 is 11.3. The van der Waals surface area contributed by atoms with Crippen LogP contribution < -0.4 is 10.1 Å². The fourth-order valence-corrected chi connectivity index (χ4v) is 2.22. The molecule has 2 aromatic carbocycles. The molecule has 0 heterocycles. The van der Waals surface area contributed by atoms with E-state index in [0.717, 1.165) is 4.47 Å². The van der Waals surface area contributed by atoms with Gasteiger partial charge in [0.05, 0.1) is 10.7 Å². The first kappa shape index (κ1) is 18.3. The Morgan fingerprint density at radius 1 is 1.17 bits per heavy atom. The molecule has 1 amide bonds. The van der Waals surface area contributed by atoms with Gasteiger partial charge in [-0.15, -0.1) is 0 Å². The molecular weight excluding hydrogens is 398 g/mol. The van der Waals surface area contributed by atoms with Crippen molar-refractivity contribution in [2.45, 2.75) is 13.0 Å². The first-order valence-electron chi connectivity index (χ1n) is 7.09. The van der Waals surface area contributed by atoms with Crippen LogP contribution in [0.25, 0.3) is 0 Å². The summed E-state index contributed by atoms with van der Waals surface area (Å²) in [6.45, 7) is 1.13. The Kier molecular flexibility index (Phi) is 6.63. The maximum atomic E-state index is 11.9. The fraction of sp³-hybridized carbons (Fsp3) is 0.176. The van der Waals surface area contributed by atoms with Crippen LogP contribution >= 0.6 is 27.5 Å². The van der Waals surface area contributed by atoms with Crippen molar-refractivity contribution in [3.05, 3.63) is 58.0 Å². The lowest BCUT2D eigenvalue weighted by molar-refractivity contribution is -0.153. The SMILES string of the molecule is C[C@@H](Oc1ccc(Br)cc1)C(=O)OCC(=O)Nc1ccccc1Cl. The van der Waals surface area contributed by atoms with E-state index in [9.17, 15) is 9.59 Å². The van der Waals surface area contributed by atoms with Crippen LogP contribution in [-0.2, 0) is 14.3 Å². The van der Waals surface area contributed by atoms with E-state index in [-0.39, 0.29) is 0 Å². The van der Waals surface area contributed by atoms with Gasteiger partial charge in [0.1, 0.15) is 5.75 Å². The van der Waals surface area contributed by atoms with Crippen LogP contribution in [0.3, 0.4) is 0 Å². The van der Waals surface area contributed by atoms with Crippen LogP contribution in [0.2, 0.25) is 5.02 Å². The Balaban J connectivity index is 1.80. The maximum absolute atomic E-state index is 11.9. The number of anilines is 1. The molecule has 24 heavy (non-hydrogen) atoms. The number of rotatable bonds is 6. The number of nitrogens with one attached hydrogen (secondary N) is 1. The highest BCUT2D eigenvalue weighted by molar-refractivity contribution is 9.10. The van der Waals surface area contributed by atoms with Crippen LogP contribution in [0, 0.1) is 0 Å². The van der Waals surface area contributed by atoms with Gasteiger partial charge in [0.25, 0.3) is 5.91 Å². The van der Waals surface area contributed by atoms with Crippen molar-refractivity contribution in [3.63, 3.8) is 0 Å². The first-order chi connectivity index (χ1) is 11.5. The number of ether oxygens (including phenoxy) is 2. The van der Waals surface area contributed by atoms with Crippen LogP contribution in [0.4, 0.5) is 5.69 Å². The number of halogens is 2. The van der Waals surface area contributed by atoms with Gasteiger partial charge >= 0.3 is 5.97 Å². The lowest BCUT2D eigenvalue weighted by atomic mass is 10.3. The molecule has 0 saturated heterocycles. The molecule has 0 fully saturated rings. The predicted octanol–water partition coefficient (Wildman–Crippen LogP) is 4.05. The minimum Gasteiger partial charge on any atom is -0.479 e. The van der Waals surface area contributed by atoms with Crippen molar-refractivity contribution in [3.8, 4) is 5.75 Å². The zero-order chi connectivity index (χ0) is 17.5. The van der Waals surface area contributed by atoms with Crippen molar-refractivity contribution in [2.24, 2.45) is 0 Å². The highest BCUT2D eigenvalue weighted by Crippen LogP contribution is 2.20. The molecule has 0 unspecified atom stereocenters. The molecule has 0 aliphatic rings. The number of carbonyl (C=O) groups excluding carboxylic acids is 2. The van der Waals surface area contributed by atoms with Crippen molar-refractivity contribution in [2.75, 3.05) is 11.9 Å². The largest absolute Gasteiger partial charge is 0.479 e. The molecule has 0 aromatic heterocycles. The molecule has 5 nitrogen and oxygen atoms in total. The first-order valence-corrected chi connectivity index (χ1v) is 8.26. The zero-order valence-corrected chi connectivity index (χ0v) is 15.1. The zero-order valence-electron chi connectivity index (χ0n) is 12.8. The van der Waals surface area contributed by atoms with Crippen LogP contribution in [0.15, 0.2) is 53.0 Å². The van der Waals surface area contributed by atoms with E-state index in [4.69, 9.17) is 21.1 Å². The van der Waals surface area contributed by atoms with Gasteiger partial charge in [0.15, 0.2) is 12.7 Å². The standard InChI is InChI=1S/C17H15BrClNO4/c1-11(24-13-8-6-12(18)7-9-13)17(22)23-10-16(21)20-15-5-3-2-4-14(15)19/h2-9,11H,10H2,1H3,(H,20,21)/t11-/m1/s1. The second-order valence-electron chi connectivity index (χ2n) is 4.85. The number of benzene rings is 2. The monoisotopic (exact) mass is 411 g/mol. The number of amides is 1. The summed E-state index contributed by atoms with van der Waals surface area (Å²) in [6, 6.07) is 13.8. The Morgan fingerprint density at radius 3 is 2.50 bits per heavy atom. The van der Waals surface area contributed by atoms with E-state index in [1.54, 1.807) is 55.5 Å². The highest BCUT2D eigenvalue weighted by Gasteiger charge is 2.18. The van der Waals surface area contributed by atoms with Crippen LogP contribution in [0.1, 0.15) is 6.92 Å². The third kappa shape index (κ3) is 5.54. The van der Waals surface area contributed by atoms with Crippen molar-refractivity contribution >= 4 is 45.1 Å². The van der Waals surface area contributed by atoms with Gasteiger partial charge in [-0.25, -0.2) is 4.79 Å². The van der Waals surface area contributed by atoms with Crippen molar-refractivity contribution in [1.82, 2.24) is 0 Å². The van der Waals surface area contributed by atoms with E-state index >= 15 is 0 Å². The summed E-state index contributed by atoms with van der Waals surface area (Å²) in [4.78, 5) is 23.7. The molecule has 0 radical (unpaired) electrons. The number of esters is 1. The van der Waals surface area contributed by atoms with Gasteiger partial charge in [0.2, 0.25) is 0 Å². The summed E-state index contributed by atoms with van der Waals surface area (Å²) in [5, 5.41) is 2.97. The van der Waals surface area contributed by atoms with E-state index in [1.807, 2.05) is 0 Å². The molecule has 126 valence electrons. The smallest absolute Gasteiger partial charge is 0.347 e. The molecule has 0 aliphatic heterocycles. The molecule has 2 rings (SSSR count). The summed E-state index contributed by atoms with van der Waals surface area (Å²) in [5.74, 6) is -0.581. The van der Waals surface area contributed by atoms with Crippen LogP contribution in [-0.4, -0.2) is 24.6 Å². The molecule has 0 bridgehead atoms. The quantitative estimate of drug-likeness (QED) is 0.727. The number of para-hydroxylation sites is 1. The summed E-state index contributed by atoms with van der Waals surface area (Å²) in [5.41, 5.74) is 0.458. The fourth-order valence-electron chi connectivity index (χ4n) is 1.77. The van der Waals surface area contributed by atoms with E-state index in [2.05, 4.69) is 21.2 Å². The molecule has 0 saturated carbocycles. The van der Waals surface area contributed by atoms with Gasteiger partial charge in [0, 0.05) is 4.47 Å². The van der Waals surface area contributed by atoms with Gasteiger partial charge < -0.3 is 14.8 Å². The van der Waals surface area contributed by atoms with Gasteiger partial charge in [-0.1, -0.05) is 39.7 Å². The highest BCUT2D eigenvalue weighted by atomic mass is 79.9. The van der Waals surface area contributed by atoms with Crippen molar-refractivity contribution < 1.29 is 19.1 Å². The lowest BCUT2D eigenvalue weighted by Crippen LogP contribution is -2.29. The van der Waals surface area contributed by atoms with Crippen LogP contribution in [0.5, 0.6) is 5.75 Å². The average Bonchev–Trinajstić information content (AvgIpc) is 2.57. The van der Waals surface area contributed by atoms with E-state index < -0.39 is 24.6 Å². The minimum atomic E-state index is -0.834. The number of hydrogen-bond donors (Lipinski definition) is 1. The maximum Gasteiger partial charge on any atom is 0.347 e. The number of carbonyl (C=O) groups is 2. The molecule has 0 aliphatic carbocycles. The molecule has 2 aromatic rings. The normalized spacial score (nSPS) is 11.5. The summed E-state index contributed by atoms with van der Waals surface area (Å²) in [7, 11) is 0. The predicted molar refractivity (Wildman–Crippen MR) is 95.3 cm³/mol. The molecule has 0 spiro atoms. The Labute approximate surface area is 153 Å². The topological polar surface area (TPSA) is 64.6 Å². The Bertz CT molecular complexity index is 721. The average molecular weight is 413 g/mol. The Hall–Kier alpha value is -2.05. The molecular formula is C17H15BrClNO4. The van der Waals surface area contributed by atoms with E-state index in [1.165, 1.54) is 0 Å². The molecule has 1 N–H and O–H groups in total. The molecule has 1 atom stereocenters. The lowest BCUT2D eigenvalue weighted by Gasteiger charge is -2.14. The number of hydrogen-bond acceptors (Lipinski definition) is 4. The molecule has 7 heteroatoms. The van der Waals surface area contributed by atoms with Crippen molar-refractivity contribution in [1.29, 1.82) is 0 Å². The Morgan fingerprint density at radius 2 is 1.83 bits per heavy atom. The third-order valence-electron chi connectivity index (χ3n) is 2.95. The van der Waals surface area contributed by atoms with Gasteiger partial charge in [-0.3, -0.25) is 4.79 Å². The van der Waals surface area contributed by atoms with Gasteiger partial charge in [-0.05, 0) is 43.3 Å². The minimum absolute atomic E-state index is 0.407. The summed E-state index contributed by atoms with van der Waals surface area (Å²) in [6.07, 6.45) is -0.834. The third-order valence-corrected chi connectivity index (χ3v) is 3.81. The summed E-state index contributed by atoms with van der Waals surface area (Å²) >= 11 is 9.25. The van der Waals surface area contributed by atoms with E-state index in [0.29, 0.717) is 16.5 Å². The second kappa shape index (κ2) is 8.70.